The third-order valence-electron chi connectivity index (χ3n) is 2.98. The van der Waals surface area contributed by atoms with Gasteiger partial charge in [-0.25, -0.2) is 4.79 Å². The van der Waals surface area contributed by atoms with Crippen LogP contribution < -0.4 is 9.46 Å². The fourth-order valence-corrected chi connectivity index (χ4v) is 1.98. The molecule has 1 aromatic carbocycles. The summed E-state index contributed by atoms with van der Waals surface area (Å²) in [6.07, 6.45) is 0. The Kier molecular flexibility index (Phi) is 3.71. The Labute approximate surface area is 114 Å². The first-order valence-electron chi connectivity index (χ1n) is 6.07. The van der Waals surface area contributed by atoms with E-state index in [1.165, 1.54) is 25.1 Å². The summed E-state index contributed by atoms with van der Waals surface area (Å²) in [4.78, 5) is 11.8. The summed E-state index contributed by atoms with van der Waals surface area (Å²) >= 11 is 0. The van der Waals surface area contributed by atoms with Crippen molar-refractivity contribution in [2.75, 3.05) is 6.61 Å². The molecule has 1 N–H and O–H groups in total. The average molecular weight is 278 g/mol. The molecule has 0 spiro atoms. The fourth-order valence-electron chi connectivity index (χ4n) is 1.98. The zero-order valence-corrected chi connectivity index (χ0v) is 11.1. The Bertz CT molecular complexity index is 684. The number of carbonyl (C=O) groups is 1. The van der Waals surface area contributed by atoms with Crippen molar-refractivity contribution in [3.63, 3.8) is 0 Å². The molecule has 0 radical (unpaired) electrons. The van der Waals surface area contributed by atoms with E-state index in [9.17, 15) is 15.2 Å². The first-order valence-corrected chi connectivity index (χ1v) is 6.07. The van der Waals surface area contributed by atoms with E-state index in [1.807, 2.05) is 0 Å². The number of hydrogen-bond donors (Lipinski definition) is 1. The number of nitrogens with zero attached hydrogens (tertiary/aromatic N) is 2. The maximum absolute atomic E-state index is 12.2. The minimum atomic E-state index is -0.835. The number of ether oxygens (including phenoxy) is 1. The van der Waals surface area contributed by atoms with Gasteiger partial charge in [-0.05, 0) is 18.6 Å². The first kappa shape index (κ1) is 14.0. The molecule has 106 valence electrons. The van der Waals surface area contributed by atoms with Gasteiger partial charge in [0.15, 0.2) is 0 Å². The topological polar surface area (TPSA) is 100 Å². The monoisotopic (exact) mass is 278 g/mol. The SMILES string of the molecule is CCOC(=O)c1c(C)[n+]([O-])c2cc(CO)ccc2[n+]1[O-]. The van der Waals surface area contributed by atoms with E-state index in [0.29, 0.717) is 15.0 Å². The van der Waals surface area contributed by atoms with Crippen LogP contribution in [-0.4, -0.2) is 17.7 Å². The average Bonchev–Trinajstić information content (AvgIpc) is 2.44. The molecule has 2 aromatic rings. The van der Waals surface area contributed by atoms with Gasteiger partial charge in [-0.15, -0.1) is 4.73 Å². The van der Waals surface area contributed by atoms with E-state index < -0.39 is 5.97 Å². The van der Waals surface area contributed by atoms with Crippen molar-refractivity contribution in [3.05, 3.63) is 45.6 Å². The van der Waals surface area contributed by atoms with E-state index in [0.717, 1.165) is 0 Å². The molecule has 0 bridgehead atoms. The molecular formula is C13H14N2O5. The molecule has 2 rings (SSSR count). The molecule has 1 aromatic heterocycles. The maximum Gasteiger partial charge on any atom is 0.412 e. The zero-order chi connectivity index (χ0) is 14.9. The Hall–Kier alpha value is -2.41. The minimum absolute atomic E-state index is 0.0407. The molecule has 7 heteroatoms. The molecule has 0 fully saturated rings. The second-order valence-corrected chi connectivity index (χ2v) is 4.22. The van der Waals surface area contributed by atoms with Crippen LogP contribution >= 0.6 is 0 Å². The Balaban J connectivity index is 2.77. The summed E-state index contributed by atoms with van der Waals surface area (Å²) in [6, 6.07) is 4.32. The van der Waals surface area contributed by atoms with Crippen LogP contribution in [0.3, 0.4) is 0 Å². The van der Waals surface area contributed by atoms with Crippen LogP contribution in [-0.2, 0) is 11.3 Å². The Morgan fingerprint density at radius 1 is 1.30 bits per heavy atom. The molecule has 0 saturated heterocycles. The number of benzene rings is 1. The van der Waals surface area contributed by atoms with Gasteiger partial charge in [0.2, 0.25) is 0 Å². The molecule has 0 aliphatic heterocycles. The van der Waals surface area contributed by atoms with Gasteiger partial charge in [0, 0.05) is 19.1 Å². The van der Waals surface area contributed by atoms with Crippen molar-refractivity contribution in [3.8, 4) is 0 Å². The minimum Gasteiger partial charge on any atom is -0.618 e. The molecule has 0 saturated carbocycles. The van der Waals surface area contributed by atoms with Gasteiger partial charge >= 0.3 is 11.7 Å². The zero-order valence-electron chi connectivity index (χ0n) is 11.1. The van der Waals surface area contributed by atoms with Gasteiger partial charge in [0.1, 0.15) is 0 Å². The predicted octanol–water partition coefficient (Wildman–Crippen LogP) is 0.0840. The van der Waals surface area contributed by atoms with Crippen molar-refractivity contribution in [2.45, 2.75) is 20.5 Å². The largest absolute Gasteiger partial charge is 0.618 e. The summed E-state index contributed by atoms with van der Waals surface area (Å²) < 4.78 is 5.67. The van der Waals surface area contributed by atoms with Crippen LogP contribution in [0.25, 0.3) is 11.0 Å². The van der Waals surface area contributed by atoms with Gasteiger partial charge in [0.05, 0.1) is 13.2 Å². The highest BCUT2D eigenvalue weighted by atomic mass is 16.5. The van der Waals surface area contributed by atoms with Crippen LogP contribution in [0.15, 0.2) is 18.2 Å². The van der Waals surface area contributed by atoms with Crippen molar-refractivity contribution in [1.29, 1.82) is 0 Å². The first-order chi connectivity index (χ1) is 9.51. The number of aliphatic hydroxyl groups is 1. The molecule has 0 amide bonds. The molecular weight excluding hydrogens is 264 g/mol. The van der Waals surface area contributed by atoms with Crippen molar-refractivity contribution in [1.82, 2.24) is 0 Å². The smallest absolute Gasteiger partial charge is 0.412 e. The van der Waals surface area contributed by atoms with E-state index in [-0.39, 0.29) is 35.6 Å². The van der Waals surface area contributed by atoms with Crippen molar-refractivity contribution < 1.29 is 24.1 Å². The molecule has 0 aliphatic carbocycles. The van der Waals surface area contributed by atoms with Gasteiger partial charge in [-0.3, -0.25) is 0 Å². The van der Waals surface area contributed by atoms with Gasteiger partial charge in [-0.1, -0.05) is 0 Å². The number of carbonyl (C=O) groups excluding carboxylic acids is 1. The number of aliphatic hydroxyl groups excluding tert-OH is 1. The lowest BCUT2D eigenvalue weighted by Crippen LogP contribution is -2.46. The van der Waals surface area contributed by atoms with Crippen LogP contribution in [0, 0.1) is 17.3 Å². The second kappa shape index (κ2) is 5.30. The summed E-state index contributed by atoms with van der Waals surface area (Å²) in [6.45, 7) is 2.85. The third-order valence-corrected chi connectivity index (χ3v) is 2.98. The van der Waals surface area contributed by atoms with E-state index in [1.54, 1.807) is 6.92 Å². The van der Waals surface area contributed by atoms with E-state index >= 15 is 0 Å². The lowest BCUT2D eigenvalue weighted by molar-refractivity contribution is -0.635. The fraction of sp³-hybridized carbons (Fsp3) is 0.308. The van der Waals surface area contributed by atoms with Gasteiger partial charge in [-0.2, -0.15) is 4.73 Å². The molecule has 0 atom stereocenters. The van der Waals surface area contributed by atoms with Crippen LogP contribution in [0.5, 0.6) is 0 Å². The number of aromatic nitrogens is 2. The number of hydrogen-bond acceptors (Lipinski definition) is 5. The lowest BCUT2D eigenvalue weighted by Gasteiger charge is -2.10. The highest BCUT2D eigenvalue weighted by Crippen LogP contribution is 2.12. The number of esters is 1. The molecule has 1 heterocycles. The van der Waals surface area contributed by atoms with Crippen LogP contribution in [0.2, 0.25) is 0 Å². The predicted molar refractivity (Wildman–Crippen MR) is 68.5 cm³/mol. The number of fused-ring (bicyclic) bond motifs is 1. The second-order valence-electron chi connectivity index (χ2n) is 4.22. The Morgan fingerprint density at radius 2 is 2.00 bits per heavy atom. The van der Waals surface area contributed by atoms with Gasteiger partial charge in [0.25, 0.3) is 16.7 Å². The summed E-state index contributed by atoms with van der Waals surface area (Å²) in [5.41, 5.74) is 0.278. The van der Waals surface area contributed by atoms with Crippen molar-refractivity contribution in [2.24, 2.45) is 0 Å². The van der Waals surface area contributed by atoms with Gasteiger partial charge < -0.3 is 20.3 Å². The summed E-state index contributed by atoms with van der Waals surface area (Å²) in [5.74, 6) is -0.835. The number of rotatable bonds is 3. The standard InChI is InChI=1S/C13H14N2O5/c1-3-20-13(17)12-8(2)14(18)11-6-9(7-16)4-5-10(11)15(12)19/h4-6,16H,3,7H2,1-2H3. The highest BCUT2D eigenvalue weighted by Gasteiger charge is 2.31. The normalized spacial score (nSPS) is 10.8. The molecule has 0 aliphatic rings. The van der Waals surface area contributed by atoms with Crippen LogP contribution in [0.1, 0.15) is 28.7 Å². The summed E-state index contributed by atoms with van der Waals surface area (Å²) in [5, 5.41) is 33.4. The summed E-state index contributed by atoms with van der Waals surface area (Å²) in [7, 11) is 0. The van der Waals surface area contributed by atoms with E-state index in [4.69, 9.17) is 9.84 Å². The Morgan fingerprint density at radius 3 is 2.60 bits per heavy atom. The maximum atomic E-state index is 12.2. The molecule has 7 nitrogen and oxygen atoms in total. The molecule has 0 unspecified atom stereocenters. The van der Waals surface area contributed by atoms with Crippen LogP contribution in [0.4, 0.5) is 0 Å². The lowest BCUT2D eigenvalue weighted by atomic mass is 10.2. The van der Waals surface area contributed by atoms with Crippen molar-refractivity contribution >= 4 is 17.0 Å². The highest BCUT2D eigenvalue weighted by molar-refractivity contribution is 5.87. The molecule has 20 heavy (non-hydrogen) atoms. The third kappa shape index (κ3) is 2.12. The van der Waals surface area contributed by atoms with E-state index in [2.05, 4.69) is 0 Å². The quantitative estimate of drug-likeness (QED) is 0.487.